The number of anilines is 1. The van der Waals surface area contributed by atoms with E-state index in [9.17, 15) is 10.1 Å². The van der Waals surface area contributed by atoms with E-state index in [4.69, 9.17) is 5.73 Å². The molecule has 2 aromatic carbocycles. The van der Waals surface area contributed by atoms with Gasteiger partial charge in [-0.3, -0.25) is 10.1 Å². The Bertz CT molecular complexity index is 1380. The number of nitro benzene ring substituents is 1. The average molecular weight is 459 g/mol. The molecule has 0 bridgehead atoms. The zero-order chi connectivity index (χ0) is 21.8. The van der Waals surface area contributed by atoms with Crippen molar-refractivity contribution in [2.75, 3.05) is 5.73 Å². The number of nitro groups is 1. The summed E-state index contributed by atoms with van der Waals surface area (Å²) in [5.74, 6) is 11.8. The molecule has 31 heavy (non-hydrogen) atoms. The van der Waals surface area contributed by atoms with E-state index in [-0.39, 0.29) is 11.3 Å². The molecule has 4 aromatic rings. The summed E-state index contributed by atoms with van der Waals surface area (Å²) in [6.07, 6.45) is 0. The number of hydrogen-bond donors (Lipinski definition) is 2. The van der Waals surface area contributed by atoms with Crippen LogP contribution in [0.3, 0.4) is 0 Å². The highest BCUT2D eigenvalue weighted by atomic mass is 32.1. The van der Waals surface area contributed by atoms with Gasteiger partial charge in [0.1, 0.15) is 5.56 Å². The topological polar surface area (TPSA) is 69.2 Å². The van der Waals surface area contributed by atoms with Crippen LogP contribution in [-0.4, -0.2) is 4.92 Å². The van der Waals surface area contributed by atoms with E-state index in [1.807, 2.05) is 53.9 Å². The molecule has 0 aliphatic rings. The van der Waals surface area contributed by atoms with Gasteiger partial charge in [0.25, 0.3) is 5.69 Å². The number of benzene rings is 2. The van der Waals surface area contributed by atoms with Gasteiger partial charge in [-0.05, 0) is 53.9 Å². The van der Waals surface area contributed by atoms with Crippen molar-refractivity contribution in [2.45, 2.75) is 4.90 Å². The Hall–Kier alpha value is -3.49. The van der Waals surface area contributed by atoms with Gasteiger partial charge in [0.15, 0.2) is 0 Å². The SMILES string of the molecule is Nc1cc(C#Cc2ccc(-c3cccs3)s2)c([N+](=O)[O-])cc1C#Cc1ccc(S)cc1. The molecule has 0 spiro atoms. The molecule has 0 unspecified atom stereocenters. The normalized spacial score (nSPS) is 9.97. The van der Waals surface area contributed by atoms with E-state index in [1.165, 1.54) is 17.0 Å². The molecule has 7 heteroatoms. The second-order valence-corrected chi connectivity index (χ2v) is 8.95. The Morgan fingerprint density at radius 1 is 0.903 bits per heavy atom. The van der Waals surface area contributed by atoms with Crippen molar-refractivity contribution in [3.8, 4) is 33.4 Å². The Morgan fingerprint density at radius 3 is 2.39 bits per heavy atom. The third-order valence-electron chi connectivity index (χ3n) is 4.26. The lowest BCUT2D eigenvalue weighted by molar-refractivity contribution is -0.385. The number of thiol groups is 1. The number of hydrogen-bond acceptors (Lipinski definition) is 6. The highest BCUT2D eigenvalue weighted by Gasteiger charge is 2.15. The smallest absolute Gasteiger partial charge is 0.286 e. The third kappa shape index (κ3) is 4.99. The van der Waals surface area contributed by atoms with Crippen molar-refractivity contribution >= 4 is 46.7 Å². The molecule has 150 valence electrons. The Morgan fingerprint density at radius 2 is 1.68 bits per heavy atom. The maximum atomic E-state index is 11.6. The zero-order valence-electron chi connectivity index (χ0n) is 16.0. The lowest BCUT2D eigenvalue weighted by Gasteiger charge is -2.01. The largest absolute Gasteiger partial charge is 0.398 e. The highest BCUT2D eigenvalue weighted by molar-refractivity contribution is 7.80. The van der Waals surface area contributed by atoms with Gasteiger partial charge in [0.05, 0.1) is 15.4 Å². The molecule has 0 aliphatic heterocycles. The summed E-state index contributed by atoms with van der Waals surface area (Å²) in [5, 5.41) is 13.6. The van der Waals surface area contributed by atoms with Crippen molar-refractivity contribution in [2.24, 2.45) is 0 Å². The van der Waals surface area contributed by atoms with Crippen LogP contribution in [0.15, 0.2) is 70.9 Å². The predicted molar refractivity (Wildman–Crippen MR) is 131 cm³/mol. The van der Waals surface area contributed by atoms with Gasteiger partial charge in [-0.25, -0.2) is 0 Å². The van der Waals surface area contributed by atoms with Crippen LogP contribution in [0.1, 0.15) is 21.6 Å². The molecule has 0 aliphatic carbocycles. The van der Waals surface area contributed by atoms with Gasteiger partial charge in [0, 0.05) is 32.0 Å². The summed E-state index contributed by atoms with van der Waals surface area (Å²) in [6, 6.07) is 18.2. The van der Waals surface area contributed by atoms with Gasteiger partial charge >= 0.3 is 0 Å². The van der Waals surface area contributed by atoms with Crippen LogP contribution in [0.5, 0.6) is 0 Å². The molecule has 0 radical (unpaired) electrons. The standard InChI is InChI=1S/C24H14N2O2S3/c25-21-14-18(7-10-20-11-12-24(31-20)23-2-1-13-30-23)22(26(27)28)15-17(21)6-3-16-4-8-19(29)9-5-16/h1-2,4-5,8-9,11-15,29H,25H2. The third-order valence-corrected chi connectivity index (χ3v) is 6.63. The second kappa shape index (κ2) is 9.11. The molecule has 0 atom stereocenters. The average Bonchev–Trinajstić information content (AvgIpc) is 3.44. The Labute approximate surface area is 192 Å². The molecular weight excluding hydrogens is 444 g/mol. The lowest BCUT2D eigenvalue weighted by atomic mass is 10.1. The molecule has 2 N–H and O–H groups in total. The van der Waals surface area contributed by atoms with Crippen LogP contribution in [0.25, 0.3) is 9.75 Å². The van der Waals surface area contributed by atoms with Crippen molar-refractivity contribution in [3.63, 3.8) is 0 Å². The van der Waals surface area contributed by atoms with E-state index in [1.54, 1.807) is 22.7 Å². The minimum Gasteiger partial charge on any atom is -0.398 e. The summed E-state index contributed by atoms with van der Waals surface area (Å²) in [4.78, 5) is 15.1. The van der Waals surface area contributed by atoms with E-state index in [2.05, 4.69) is 36.3 Å². The maximum Gasteiger partial charge on any atom is 0.286 e. The van der Waals surface area contributed by atoms with Crippen LogP contribution in [0.2, 0.25) is 0 Å². The molecule has 4 rings (SSSR count). The summed E-state index contributed by atoms with van der Waals surface area (Å²) in [7, 11) is 0. The monoisotopic (exact) mass is 458 g/mol. The van der Waals surface area contributed by atoms with Crippen LogP contribution in [0, 0.1) is 33.8 Å². The zero-order valence-corrected chi connectivity index (χ0v) is 18.5. The lowest BCUT2D eigenvalue weighted by Crippen LogP contribution is -1.98. The van der Waals surface area contributed by atoms with Gasteiger partial charge in [-0.2, -0.15) is 0 Å². The minimum atomic E-state index is -0.462. The molecule has 0 saturated carbocycles. The Balaban J connectivity index is 1.65. The van der Waals surface area contributed by atoms with Gasteiger partial charge in [0.2, 0.25) is 0 Å². The number of nitrogens with two attached hydrogens (primary N) is 1. The summed E-state index contributed by atoms with van der Waals surface area (Å²) in [6.45, 7) is 0. The van der Waals surface area contributed by atoms with Crippen LogP contribution in [0.4, 0.5) is 11.4 Å². The molecule has 0 amide bonds. The molecule has 0 saturated heterocycles. The first-order valence-corrected chi connectivity index (χ1v) is 11.2. The number of nitrogens with zero attached hydrogens (tertiary/aromatic N) is 1. The molecule has 4 nitrogen and oxygen atoms in total. The minimum absolute atomic E-state index is 0.119. The van der Waals surface area contributed by atoms with Gasteiger partial charge in [-0.15, -0.1) is 35.3 Å². The summed E-state index contributed by atoms with van der Waals surface area (Å²) < 4.78 is 0. The molecule has 0 fully saturated rings. The molecular formula is C24H14N2O2S3. The summed E-state index contributed by atoms with van der Waals surface area (Å²) in [5.41, 5.74) is 7.76. The second-order valence-electron chi connectivity index (χ2n) is 6.40. The highest BCUT2D eigenvalue weighted by Crippen LogP contribution is 2.31. The van der Waals surface area contributed by atoms with Gasteiger partial charge in [-0.1, -0.05) is 29.7 Å². The first kappa shape index (κ1) is 20.8. The van der Waals surface area contributed by atoms with E-state index in [0.717, 1.165) is 20.2 Å². The van der Waals surface area contributed by atoms with Crippen molar-refractivity contribution < 1.29 is 4.92 Å². The summed E-state index contributed by atoms with van der Waals surface area (Å²) >= 11 is 7.44. The molecule has 2 heterocycles. The Kier molecular flexibility index (Phi) is 6.11. The number of rotatable bonds is 2. The van der Waals surface area contributed by atoms with Crippen LogP contribution < -0.4 is 5.73 Å². The maximum absolute atomic E-state index is 11.6. The van der Waals surface area contributed by atoms with E-state index in [0.29, 0.717) is 11.3 Å². The number of nitrogen functional groups attached to an aromatic ring is 1. The fraction of sp³-hybridized carbons (Fsp3) is 0. The van der Waals surface area contributed by atoms with E-state index < -0.39 is 4.92 Å². The quantitative estimate of drug-likeness (QED) is 0.126. The van der Waals surface area contributed by atoms with E-state index >= 15 is 0 Å². The fourth-order valence-corrected chi connectivity index (χ4v) is 4.58. The first-order valence-electron chi connectivity index (χ1n) is 9.04. The predicted octanol–water partition coefficient (Wildman–Crippen LogP) is 6.06. The number of thiophene rings is 2. The van der Waals surface area contributed by atoms with Crippen molar-refractivity contribution in [1.29, 1.82) is 0 Å². The van der Waals surface area contributed by atoms with Crippen molar-refractivity contribution in [3.05, 3.63) is 97.7 Å². The van der Waals surface area contributed by atoms with Crippen LogP contribution >= 0.6 is 35.3 Å². The molecule has 2 aromatic heterocycles. The van der Waals surface area contributed by atoms with Crippen LogP contribution in [-0.2, 0) is 0 Å². The van der Waals surface area contributed by atoms with Gasteiger partial charge < -0.3 is 5.73 Å². The fourth-order valence-electron chi connectivity index (χ4n) is 2.73. The van der Waals surface area contributed by atoms with Crippen molar-refractivity contribution in [1.82, 2.24) is 0 Å². The first-order chi connectivity index (χ1) is 15.0.